The average Bonchev–Trinajstić information content (AvgIpc) is 3.20. The summed E-state index contributed by atoms with van der Waals surface area (Å²) in [5, 5.41) is 4.92. The smallest absolute Gasteiger partial charge is 0.257 e. The minimum absolute atomic E-state index is 0.290. The number of halogens is 1. The second-order valence-electron chi connectivity index (χ2n) is 8.62. The maximum atomic E-state index is 13.6. The topological polar surface area (TPSA) is 85.1 Å². The summed E-state index contributed by atoms with van der Waals surface area (Å²) in [6, 6.07) is 16.7. The number of thiophene rings is 1. The van der Waals surface area contributed by atoms with Crippen LogP contribution in [-0.2, 0) is 12.8 Å². The van der Waals surface area contributed by atoms with Crippen molar-refractivity contribution in [2.45, 2.75) is 32.6 Å². The van der Waals surface area contributed by atoms with E-state index in [0.29, 0.717) is 38.3 Å². The fraction of sp³-hybridized carbons (Fsp3) is 0.222. The number of primary amides is 1. The van der Waals surface area contributed by atoms with Gasteiger partial charge in [-0.3, -0.25) is 9.59 Å². The minimum atomic E-state index is -0.496. The fourth-order valence-electron chi connectivity index (χ4n) is 4.65. The van der Waals surface area contributed by atoms with Gasteiger partial charge in [-0.15, -0.1) is 11.3 Å². The van der Waals surface area contributed by atoms with Gasteiger partial charge in [0, 0.05) is 20.8 Å². The number of para-hydroxylation sites is 1. The van der Waals surface area contributed by atoms with Gasteiger partial charge in [0.05, 0.1) is 22.3 Å². The number of nitrogens with one attached hydrogen (secondary N) is 1. The lowest BCUT2D eigenvalue weighted by Gasteiger charge is -2.20. The third-order valence-electron chi connectivity index (χ3n) is 6.52. The van der Waals surface area contributed by atoms with Crippen LogP contribution >= 0.6 is 22.9 Å². The van der Waals surface area contributed by atoms with Gasteiger partial charge in [-0.05, 0) is 55.0 Å². The van der Waals surface area contributed by atoms with Gasteiger partial charge in [-0.2, -0.15) is 0 Å². The van der Waals surface area contributed by atoms with Crippen molar-refractivity contribution in [1.29, 1.82) is 0 Å². The highest BCUT2D eigenvalue weighted by Crippen LogP contribution is 2.40. The van der Waals surface area contributed by atoms with Crippen molar-refractivity contribution in [3.63, 3.8) is 0 Å². The third kappa shape index (κ3) is 4.19. The number of carbonyl (C=O) groups is 2. The largest absolute Gasteiger partial charge is 0.365 e. The van der Waals surface area contributed by atoms with Gasteiger partial charge >= 0.3 is 0 Å². The Morgan fingerprint density at radius 1 is 1.18 bits per heavy atom. The molecule has 0 fully saturated rings. The van der Waals surface area contributed by atoms with E-state index in [1.807, 2.05) is 36.4 Å². The van der Waals surface area contributed by atoms with E-state index in [-0.39, 0.29) is 5.91 Å². The molecule has 0 saturated heterocycles. The molecule has 0 saturated carbocycles. The zero-order chi connectivity index (χ0) is 23.8. The fourth-order valence-corrected chi connectivity index (χ4v) is 6.14. The van der Waals surface area contributed by atoms with E-state index in [1.165, 1.54) is 11.3 Å². The number of carbonyl (C=O) groups excluding carboxylic acids is 2. The molecule has 1 aliphatic carbocycles. The van der Waals surface area contributed by atoms with E-state index in [1.54, 1.807) is 18.2 Å². The summed E-state index contributed by atoms with van der Waals surface area (Å²) in [5.74, 6) is -0.187. The van der Waals surface area contributed by atoms with Crippen molar-refractivity contribution in [3.8, 4) is 11.3 Å². The minimum Gasteiger partial charge on any atom is -0.365 e. The molecule has 1 aliphatic rings. The van der Waals surface area contributed by atoms with Crippen LogP contribution < -0.4 is 11.1 Å². The Labute approximate surface area is 207 Å². The lowest BCUT2D eigenvalue weighted by Crippen LogP contribution is -2.20. The number of benzene rings is 2. The highest BCUT2D eigenvalue weighted by Gasteiger charge is 2.28. The number of fused-ring (bicyclic) bond motifs is 2. The second-order valence-corrected chi connectivity index (χ2v) is 10.2. The maximum Gasteiger partial charge on any atom is 0.257 e. The van der Waals surface area contributed by atoms with Crippen LogP contribution in [0.1, 0.15) is 50.9 Å². The summed E-state index contributed by atoms with van der Waals surface area (Å²) in [5.41, 5.74) is 9.96. The zero-order valence-corrected chi connectivity index (χ0v) is 20.3. The normalized spacial score (nSPS) is 15.2. The molecule has 5 rings (SSSR count). The number of hydrogen-bond acceptors (Lipinski definition) is 4. The summed E-state index contributed by atoms with van der Waals surface area (Å²) < 4.78 is 0. The molecule has 0 aliphatic heterocycles. The molecule has 2 heterocycles. The van der Waals surface area contributed by atoms with Crippen LogP contribution in [0, 0.1) is 5.92 Å². The van der Waals surface area contributed by atoms with Crippen LogP contribution in [0.4, 0.5) is 5.00 Å². The van der Waals surface area contributed by atoms with Gasteiger partial charge in [0.1, 0.15) is 5.00 Å². The summed E-state index contributed by atoms with van der Waals surface area (Å²) in [7, 11) is 0. The van der Waals surface area contributed by atoms with Crippen molar-refractivity contribution < 1.29 is 9.59 Å². The molecule has 4 aromatic rings. The standard InChI is InChI=1S/C27H24ClN3O2S/c1-2-15-7-12-19-23(13-15)34-27(24(19)25(29)32)31-26(33)20-14-22(16-8-10-17(28)11-9-16)30-21-6-4-3-5-18(20)21/h3-6,8-11,14-15H,2,7,12-13H2,1H3,(H2,29,32)(H,31,33)/t15-/m0/s1. The molecule has 172 valence electrons. The van der Waals surface area contributed by atoms with Gasteiger partial charge in [-0.25, -0.2) is 4.98 Å². The van der Waals surface area contributed by atoms with Crippen molar-refractivity contribution >= 4 is 50.7 Å². The molecule has 2 aromatic heterocycles. The van der Waals surface area contributed by atoms with Crippen LogP contribution in [0.15, 0.2) is 54.6 Å². The van der Waals surface area contributed by atoms with Crippen molar-refractivity contribution in [2.75, 3.05) is 5.32 Å². The number of hydrogen-bond donors (Lipinski definition) is 2. The lowest BCUT2D eigenvalue weighted by atomic mass is 9.85. The van der Waals surface area contributed by atoms with Crippen LogP contribution in [0.3, 0.4) is 0 Å². The first-order valence-electron chi connectivity index (χ1n) is 11.4. The molecule has 34 heavy (non-hydrogen) atoms. The number of nitrogens with two attached hydrogens (primary N) is 1. The van der Waals surface area contributed by atoms with E-state index in [0.717, 1.165) is 47.1 Å². The zero-order valence-electron chi connectivity index (χ0n) is 18.7. The molecule has 2 amide bonds. The van der Waals surface area contributed by atoms with Gasteiger partial charge in [-0.1, -0.05) is 55.3 Å². The number of aromatic nitrogens is 1. The van der Waals surface area contributed by atoms with Crippen LogP contribution in [-0.4, -0.2) is 16.8 Å². The first-order valence-corrected chi connectivity index (χ1v) is 12.6. The third-order valence-corrected chi connectivity index (χ3v) is 7.94. The molecule has 1 atom stereocenters. The molecule has 0 unspecified atom stereocenters. The van der Waals surface area contributed by atoms with Crippen LogP contribution in [0.25, 0.3) is 22.2 Å². The predicted molar refractivity (Wildman–Crippen MR) is 139 cm³/mol. The number of anilines is 1. The maximum absolute atomic E-state index is 13.6. The van der Waals surface area contributed by atoms with Gasteiger partial charge < -0.3 is 11.1 Å². The molecule has 2 aromatic carbocycles. The van der Waals surface area contributed by atoms with Crippen LogP contribution in [0.2, 0.25) is 5.02 Å². The van der Waals surface area contributed by atoms with Crippen molar-refractivity contribution in [3.05, 3.63) is 81.2 Å². The Bertz CT molecular complexity index is 1410. The lowest BCUT2D eigenvalue weighted by molar-refractivity contribution is 0.1000. The highest BCUT2D eigenvalue weighted by molar-refractivity contribution is 7.17. The molecule has 7 heteroatoms. The Morgan fingerprint density at radius 2 is 1.94 bits per heavy atom. The summed E-state index contributed by atoms with van der Waals surface area (Å²) in [6.45, 7) is 2.19. The van der Waals surface area contributed by atoms with Crippen molar-refractivity contribution in [1.82, 2.24) is 4.98 Å². The average molecular weight is 490 g/mol. The molecular formula is C27H24ClN3O2S. The number of nitrogens with zero attached hydrogens (tertiary/aromatic N) is 1. The summed E-state index contributed by atoms with van der Waals surface area (Å²) in [6.07, 6.45) is 3.87. The Hall–Kier alpha value is -3.22. The highest BCUT2D eigenvalue weighted by atomic mass is 35.5. The predicted octanol–water partition coefficient (Wildman–Crippen LogP) is 6.48. The van der Waals surface area contributed by atoms with E-state index in [4.69, 9.17) is 22.3 Å². The quantitative estimate of drug-likeness (QED) is 0.336. The van der Waals surface area contributed by atoms with E-state index in [9.17, 15) is 9.59 Å². The van der Waals surface area contributed by atoms with E-state index >= 15 is 0 Å². The molecule has 5 nitrogen and oxygen atoms in total. The molecule has 3 N–H and O–H groups in total. The first kappa shape index (κ1) is 22.6. The summed E-state index contributed by atoms with van der Waals surface area (Å²) >= 11 is 7.52. The molecule has 0 radical (unpaired) electrons. The number of rotatable bonds is 5. The molecule has 0 spiro atoms. The Kier molecular flexibility index (Phi) is 6.11. The van der Waals surface area contributed by atoms with Gasteiger partial charge in [0.2, 0.25) is 0 Å². The monoisotopic (exact) mass is 489 g/mol. The second kappa shape index (κ2) is 9.20. The van der Waals surface area contributed by atoms with Crippen LogP contribution in [0.5, 0.6) is 0 Å². The number of pyridine rings is 1. The SMILES string of the molecule is CC[C@H]1CCc2c(sc(NC(=O)c3cc(-c4ccc(Cl)cc4)nc4ccccc34)c2C(N)=O)C1. The molecular weight excluding hydrogens is 466 g/mol. The molecule has 0 bridgehead atoms. The number of amides is 2. The first-order chi connectivity index (χ1) is 16.4. The Balaban J connectivity index is 1.56. The van der Waals surface area contributed by atoms with E-state index < -0.39 is 5.91 Å². The van der Waals surface area contributed by atoms with Gasteiger partial charge in [0.15, 0.2) is 0 Å². The van der Waals surface area contributed by atoms with Gasteiger partial charge in [0.25, 0.3) is 11.8 Å². The van der Waals surface area contributed by atoms with Crippen molar-refractivity contribution in [2.24, 2.45) is 11.7 Å². The summed E-state index contributed by atoms with van der Waals surface area (Å²) in [4.78, 5) is 31.8. The van der Waals surface area contributed by atoms with E-state index in [2.05, 4.69) is 12.2 Å². The Morgan fingerprint density at radius 3 is 2.68 bits per heavy atom.